The molecule has 5 heterocycles. The van der Waals surface area contributed by atoms with Crippen LogP contribution >= 0.6 is 18.7 Å². The third kappa shape index (κ3) is 10.1. The minimum Gasteiger partial charge on any atom is -0.494 e. The van der Waals surface area contributed by atoms with Crippen LogP contribution in [0.5, 0.6) is 5.75 Å². The van der Waals surface area contributed by atoms with E-state index in [1.165, 1.54) is 6.20 Å². The molecule has 4 aliphatic heterocycles. The zero-order valence-corrected chi connectivity index (χ0v) is 38.2. The molecule has 18 heteroatoms. The Kier molecular flexibility index (Phi) is 13.7. The molecule has 4 N–H and O–H groups in total. The lowest BCUT2D eigenvalue weighted by molar-refractivity contribution is -0.137. The topological polar surface area (TPSA) is 181 Å². The molecule has 0 bridgehead atoms. The van der Waals surface area contributed by atoms with Crippen molar-refractivity contribution in [1.82, 2.24) is 30.0 Å². The third-order valence-electron chi connectivity index (χ3n) is 12.6. The number of hydrogen-bond acceptors (Lipinski definition) is 13. The van der Waals surface area contributed by atoms with Crippen LogP contribution in [0, 0.1) is 0 Å². The van der Waals surface area contributed by atoms with Gasteiger partial charge in [-0.15, -0.1) is 0 Å². The standard InChI is InChI=1S/C46H56ClN10O6P/c1-63-39-27-31(14-15-36(39)51-46-49-28-34(47)43(53-46)50-37-10-4-5-12-40(37)64(2,3)62)54-21-18-30(19-22-54)55-23-25-56(26-24-55)42(59)13-6-7-20-48-35-11-8-9-32-33(35)29-57(45(32)61)38-16-17-41(58)52-44(38)60/h4-5,8-12,14-15,27-28,30,38,48H,6-7,13,16-26,29H2,1-3H3,(H,52,58,60)(H2,49,50,51,53). The van der Waals surface area contributed by atoms with Crippen molar-refractivity contribution in [2.45, 2.75) is 63.6 Å². The summed E-state index contributed by atoms with van der Waals surface area (Å²) in [6.07, 6.45) is 6.19. The van der Waals surface area contributed by atoms with E-state index >= 15 is 0 Å². The van der Waals surface area contributed by atoms with Gasteiger partial charge >= 0.3 is 0 Å². The second-order valence-corrected chi connectivity index (χ2v) is 20.7. The van der Waals surface area contributed by atoms with Crippen LogP contribution in [-0.4, -0.2) is 127 Å². The summed E-state index contributed by atoms with van der Waals surface area (Å²) in [7, 11) is -0.916. The van der Waals surface area contributed by atoms with Gasteiger partial charge in [0.15, 0.2) is 5.82 Å². The Bertz CT molecular complexity index is 2450. The van der Waals surface area contributed by atoms with Crippen LogP contribution in [0.1, 0.15) is 60.9 Å². The number of carbonyl (C=O) groups is 4. The molecule has 0 saturated carbocycles. The summed E-state index contributed by atoms with van der Waals surface area (Å²) in [4.78, 5) is 68.0. The number of methoxy groups -OCH3 is 1. The monoisotopic (exact) mass is 910 g/mol. The Morgan fingerprint density at radius 1 is 0.906 bits per heavy atom. The predicted molar refractivity (Wildman–Crippen MR) is 250 cm³/mol. The molecule has 4 amide bonds. The molecule has 64 heavy (non-hydrogen) atoms. The van der Waals surface area contributed by atoms with E-state index < -0.39 is 19.1 Å². The second-order valence-electron chi connectivity index (χ2n) is 17.1. The number of carbonyl (C=O) groups excluding carboxylic acids is 4. The highest BCUT2D eigenvalue weighted by Gasteiger charge is 2.40. The number of para-hydroxylation sites is 1. The van der Waals surface area contributed by atoms with Crippen molar-refractivity contribution in [2.75, 3.05) is 87.1 Å². The van der Waals surface area contributed by atoms with Gasteiger partial charge in [0.05, 0.1) is 24.7 Å². The molecule has 1 aromatic heterocycles. The molecule has 3 fully saturated rings. The van der Waals surface area contributed by atoms with Gasteiger partial charge < -0.3 is 40.0 Å². The summed E-state index contributed by atoms with van der Waals surface area (Å²) in [6.45, 7) is 9.47. The molecular weight excluding hydrogens is 855 g/mol. The largest absolute Gasteiger partial charge is 0.494 e. The number of piperazine rings is 1. The van der Waals surface area contributed by atoms with Gasteiger partial charge in [0, 0.05) is 105 Å². The number of ether oxygens (including phenoxy) is 1. The predicted octanol–water partition coefficient (Wildman–Crippen LogP) is 6.03. The minimum absolute atomic E-state index is 0.190. The molecular formula is C46H56ClN10O6P. The van der Waals surface area contributed by atoms with Crippen molar-refractivity contribution in [2.24, 2.45) is 0 Å². The van der Waals surface area contributed by atoms with Crippen molar-refractivity contribution in [3.63, 3.8) is 0 Å². The number of amides is 4. The first-order valence-corrected chi connectivity index (χ1v) is 25.0. The number of rotatable bonds is 15. The number of halogens is 1. The molecule has 3 saturated heterocycles. The first kappa shape index (κ1) is 44.9. The highest BCUT2D eigenvalue weighted by molar-refractivity contribution is 7.70. The summed E-state index contributed by atoms with van der Waals surface area (Å²) in [5.41, 5.74) is 4.77. The maximum absolute atomic E-state index is 13.2. The molecule has 1 atom stereocenters. The highest BCUT2D eigenvalue weighted by Crippen LogP contribution is 2.39. The van der Waals surface area contributed by atoms with E-state index in [0.717, 1.165) is 81.9 Å². The van der Waals surface area contributed by atoms with Gasteiger partial charge in [-0.05, 0) is 81.8 Å². The lowest BCUT2D eigenvalue weighted by Gasteiger charge is -2.43. The van der Waals surface area contributed by atoms with Gasteiger partial charge in [-0.1, -0.05) is 29.8 Å². The Morgan fingerprint density at radius 2 is 1.67 bits per heavy atom. The Hall–Kier alpha value is -5.70. The number of imide groups is 1. The van der Waals surface area contributed by atoms with E-state index in [1.807, 2.05) is 53.4 Å². The van der Waals surface area contributed by atoms with Crippen molar-refractivity contribution >= 4 is 82.2 Å². The minimum atomic E-state index is -2.56. The molecule has 0 radical (unpaired) electrons. The average Bonchev–Trinajstić information content (AvgIpc) is 3.63. The molecule has 338 valence electrons. The van der Waals surface area contributed by atoms with Crippen molar-refractivity contribution < 1.29 is 28.5 Å². The molecule has 4 aromatic rings. The summed E-state index contributed by atoms with van der Waals surface area (Å²) >= 11 is 6.48. The number of benzene rings is 3. The molecule has 0 spiro atoms. The number of nitrogens with one attached hydrogen (secondary N) is 4. The molecule has 8 rings (SSSR count). The van der Waals surface area contributed by atoms with Gasteiger partial charge in [0.1, 0.15) is 24.0 Å². The van der Waals surface area contributed by atoms with Gasteiger partial charge in [-0.25, -0.2) is 4.98 Å². The third-order valence-corrected chi connectivity index (χ3v) is 14.5. The summed E-state index contributed by atoms with van der Waals surface area (Å²) in [5.74, 6) is 0.663. The fourth-order valence-electron chi connectivity index (χ4n) is 9.15. The van der Waals surface area contributed by atoms with Crippen LogP contribution in [0.4, 0.5) is 34.5 Å². The van der Waals surface area contributed by atoms with Gasteiger partial charge in [-0.3, -0.25) is 29.4 Å². The molecule has 0 aliphatic carbocycles. The lowest BCUT2D eigenvalue weighted by Crippen LogP contribution is -2.54. The number of anilines is 6. The Labute approximate surface area is 378 Å². The zero-order valence-electron chi connectivity index (χ0n) is 36.6. The number of aromatic nitrogens is 2. The fraction of sp³-hybridized carbons (Fsp3) is 0.435. The van der Waals surface area contributed by atoms with Crippen molar-refractivity contribution in [3.05, 3.63) is 83.0 Å². The Balaban J connectivity index is 0.760. The van der Waals surface area contributed by atoms with Crippen LogP contribution in [0.3, 0.4) is 0 Å². The van der Waals surface area contributed by atoms with Crippen LogP contribution in [0.15, 0.2) is 66.9 Å². The van der Waals surface area contributed by atoms with Gasteiger partial charge in [0.2, 0.25) is 23.7 Å². The summed E-state index contributed by atoms with van der Waals surface area (Å²) < 4.78 is 18.7. The number of fused-ring (bicyclic) bond motifs is 1. The molecule has 4 aliphatic rings. The SMILES string of the molecule is COc1cc(N2CCC(N3CCN(C(=O)CCCCNc4cccc5c4CN(C4CCC(=O)NC4=O)C5=O)CC3)CC2)ccc1Nc1ncc(Cl)c(Nc2ccccc2P(C)(C)=O)n1. The zero-order chi connectivity index (χ0) is 45.0. The van der Waals surface area contributed by atoms with Crippen LogP contribution in [-0.2, 0) is 25.5 Å². The van der Waals surface area contributed by atoms with Crippen LogP contribution in [0.2, 0.25) is 5.02 Å². The van der Waals surface area contributed by atoms with E-state index in [1.54, 1.807) is 31.4 Å². The van der Waals surface area contributed by atoms with Gasteiger partial charge in [0.25, 0.3) is 5.91 Å². The summed E-state index contributed by atoms with van der Waals surface area (Å²) in [5, 5.41) is 13.4. The fourth-order valence-corrected chi connectivity index (χ4v) is 10.4. The van der Waals surface area contributed by atoms with E-state index in [0.29, 0.717) is 76.8 Å². The first-order valence-electron chi connectivity index (χ1n) is 22.0. The van der Waals surface area contributed by atoms with Crippen molar-refractivity contribution in [3.8, 4) is 5.75 Å². The number of nitrogens with zero attached hydrogens (tertiary/aromatic N) is 6. The molecule has 16 nitrogen and oxygen atoms in total. The van der Waals surface area contributed by atoms with E-state index in [2.05, 4.69) is 47.1 Å². The maximum atomic E-state index is 13.2. The normalized spacial score (nSPS) is 18.5. The quantitative estimate of drug-likeness (QED) is 0.0618. The van der Waals surface area contributed by atoms with Crippen LogP contribution < -0.4 is 36.2 Å². The lowest BCUT2D eigenvalue weighted by atomic mass is 10.0. The molecule has 3 aromatic carbocycles. The summed E-state index contributed by atoms with van der Waals surface area (Å²) in [6, 6.07) is 18.9. The molecule has 1 unspecified atom stereocenters. The maximum Gasteiger partial charge on any atom is 0.255 e. The second kappa shape index (κ2) is 19.6. The van der Waals surface area contributed by atoms with Gasteiger partial charge in [-0.2, -0.15) is 4.98 Å². The van der Waals surface area contributed by atoms with E-state index in [4.69, 9.17) is 16.3 Å². The average molecular weight is 911 g/mol. The van der Waals surface area contributed by atoms with E-state index in [9.17, 15) is 23.7 Å². The Morgan fingerprint density at radius 3 is 2.42 bits per heavy atom. The first-order chi connectivity index (χ1) is 30.9. The van der Waals surface area contributed by atoms with Crippen LogP contribution in [0.25, 0.3) is 0 Å². The van der Waals surface area contributed by atoms with E-state index in [-0.39, 0.29) is 24.1 Å². The smallest absolute Gasteiger partial charge is 0.255 e. The highest BCUT2D eigenvalue weighted by atomic mass is 35.5. The number of hydrogen-bond donors (Lipinski definition) is 4. The van der Waals surface area contributed by atoms with Crippen molar-refractivity contribution in [1.29, 1.82) is 0 Å². The number of unbranched alkanes of at least 4 members (excludes halogenated alkanes) is 1. The number of piperidine rings is 2.